The molecule has 3 aliphatic heterocycles. The van der Waals surface area contributed by atoms with E-state index in [9.17, 15) is 18.8 Å². The molecule has 42 heavy (non-hydrogen) atoms. The third-order valence-electron chi connectivity index (χ3n) is 8.15. The zero-order chi connectivity index (χ0) is 29.2. The second-order valence-electron chi connectivity index (χ2n) is 10.8. The van der Waals surface area contributed by atoms with E-state index < -0.39 is 11.9 Å². The van der Waals surface area contributed by atoms with Crippen LogP contribution in [0.2, 0.25) is 0 Å². The van der Waals surface area contributed by atoms with E-state index in [2.05, 4.69) is 34.5 Å². The molecule has 8 nitrogen and oxygen atoms in total. The quantitative estimate of drug-likeness (QED) is 0.331. The molecule has 2 fully saturated rings. The van der Waals surface area contributed by atoms with Crippen LogP contribution in [0.1, 0.15) is 45.5 Å². The summed E-state index contributed by atoms with van der Waals surface area (Å²) < 4.78 is 14.4. The number of amides is 3. The van der Waals surface area contributed by atoms with E-state index in [1.54, 1.807) is 28.8 Å². The lowest BCUT2D eigenvalue weighted by molar-refractivity contribution is -0.136. The summed E-state index contributed by atoms with van der Waals surface area (Å²) in [5, 5.41) is 11.3. The number of piperazine rings is 1. The fourth-order valence-corrected chi connectivity index (χ4v) is 6.87. The van der Waals surface area contributed by atoms with Crippen molar-refractivity contribution in [2.45, 2.75) is 42.6 Å². The second-order valence-corrected chi connectivity index (χ2v) is 11.8. The van der Waals surface area contributed by atoms with Crippen molar-refractivity contribution in [1.29, 1.82) is 5.26 Å². The minimum atomic E-state index is -0.617. The predicted molar refractivity (Wildman–Crippen MR) is 157 cm³/mol. The zero-order valence-corrected chi connectivity index (χ0v) is 23.8. The Labute approximate surface area is 248 Å². The van der Waals surface area contributed by atoms with Gasteiger partial charge < -0.3 is 9.80 Å². The van der Waals surface area contributed by atoms with Crippen LogP contribution in [0.3, 0.4) is 0 Å². The number of nitrogens with zero attached hydrogens (tertiary/aromatic N) is 4. The van der Waals surface area contributed by atoms with Gasteiger partial charge in [-0.15, -0.1) is 11.8 Å². The van der Waals surface area contributed by atoms with Gasteiger partial charge in [0, 0.05) is 61.9 Å². The van der Waals surface area contributed by atoms with Crippen molar-refractivity contribution in [3.8, 4) is 6.07 Å². The van der Waals surface area contributed by atoms with Gasteiger partial charge in [-0.1, -0.05) is 30.3 Å². The van der Waals surface area contributed by atoms with Crippen molar-refractivity contribution in [1.82, 2.24) is 15.1 Å². The number of carbonyl (C=O) groups excluding carboxylic acids is 3. The minimum Gasteiger partial charge on any atom is -0.367 e. The molecule has 10 heteroatoms. The molecular weight excluding hydrogens is 553 g/mol. The maximum Gasteiger partial charge on any atom is 0.255 e. The molecule has 0 saturated carbocycles. The summed E-state index contributed by atoms with van der Waals surface area (Å²) in [5.74, 6) is -0.452. The molecule has 0 aromatic heterocycles. The normalized spacial score (nSPS) is 19.0. The van der Waals surface area contributed by atoms with E-state index in [4.69, 9.17) is 5.26 Å². The summed E-state index contributed by atoms with van der Waals surface area (Å²) in [4.78, 5) is 44.0. The SMILES string of the molecule is N#Cc1ccc(N2CCN(Cc3ccc(CSc4cccc5c4CN(C4CCC(=O)NC4=O)C5=O)cc3)CC2)c(F)c1. The van der Waals surface area contributed by atoms with E-state index in [1.165, 1.54) is 17.2 Å². The van der Waals surface area contributed by atoms with E-state index in [1.807, 2.05) is 29.2 Å². The lowest BCUT2D eigenvalue weighted by atomic mass is 10.0. The number of imide groups is 1. The Balaban J connectivity index is 1.02. The number of fused-ring (bicyclic) bond motifs is 1. The van der Waals surface area contributed by atoms with Gasteiger partial charge in [0.25, 0.3) is 5.91 Å². The molecule has 1 unspecified atom stereocenters. The second kappa shape index (κ2) is 12.0. The van der Waals surface area contributed by atoms with Crippen molar-refractivity contribution >= 4 is 35.2 Å². The lowest BCUT2D eigenvalue weighted by Crippen LogP contribution is -2.52. The van der Waals surface area contributed by atoms with Gasteiger partial charge in [0.05, 0.1) is 17.3 Å². The molecule has 3 aliphatic rings. The Kier molecular flexibility index (Phi) is 7.96. The van der Waals surface area contributed by atoms with E-state index in [0.29, 0.717) is 29.8 Å². The van der Waals surface area contributed by atoms with Crippen molar-refractivity contribution in [3.05, 3.63) is 94.3 Å². The van der Waals surface area contributed by atoms with Crippen LogP contribution in [0.5, 0.6) is 0 Å². The van der Waals surface area contributed by atoms with Crippen LogP contribution in [-0.2, 0) is 28.4 Å². The van der Waals surface area contributed by atoms with Crippen molar-refractivity contribution < 1.29 is 18.8 Å². The number of benzene rings is 3. The van der Waals surface area contributed by atoms with Crippen LogP contribution >= 0.6 is 11.8 Å². The highest BCUT2D eigenvalue weighted by atomic mass is 32.2. The standard InChI is InChI=1S/C32H30FN5O3S/c33-26-16-23(17-34)8-9-27(26)37-14-12-36(13-15-37)18-21-4-6-22(7-5-21)20-42-29-3-1-2-24-25(29)19-38(32(24)41)28-10-11-30(39)35-31(28)40/h1-9,16,28H,10-15,18-20H2,(H,35,39,40). The average molecular weight is 584 g/mol. The van der Waals surface area contributed by atoms with Crippen molar-refractivity contribution in [2.24, 2.45) is 0 Å². The highest BCUT2D eigenvalue weighted by molar-refractivity contribution is 7.98. The van der Waals surface area contributed by atoms with E-state index in [-0.39, 0.29) is 24.1 Å². The molecule has 3 aromatic carbocycles. The first kappa shape index (κ1) is 27.9. The number of piperidine rings is 1. The highest BCUT2D eigenvalue weighted by Gasteiger charge is 2.39. The predicted octanol–water partition coefficient (Wildman–Crippen LogP) is 4.07. The number of nitrogens with one attached hydrogen (secondary N) is 1. The molecule has 214 valence electrons. The number of thioether (sulfide) groups is 1. The molecule has 0 aliphatic carbocycles. The molecule has 0 bridgehead atoms. The Morgan fingerprint density at radius 3 is 2.45 bits per heavy atom. The van der Waals surface area contributed by atoms with E-state index in [0.717, 1.165) is 48.9 Å². The number of halogens is 1. The van der Waals surface area contributed by atoms with Crippen LogP contribution in [0, 0.1) is 17.1 Å². The molecule has 3 amide bonds. The van der Waals surface area contributed by atoms with Crippen molar-refractivity contribution in [3.63, 3.8) is 0 Å². The van der Waals surface area contributed by atoms with Gasteiger partial charge in [0.1, 0.15) is 11.9 Å². The molecular formula is C32H30FN5O3S. The summed E-state index contributed by atoms with van der Waals surface area (Å²) in [6, 6.07) is 20.3. The van der Waals surface area contributed by atoms with Crippen LogP contribution in [-0.4, -0.2) is 59.7 Å². The summed E-state index contributed by atoms with van der Waals surface area (Å²) in [5.41, 5.74) is 4.83. The van der Waals surface area contributed by atoms with Gasteiger partial charge in [0.2, 0.25) is 11.8 Å². The first-order valence-electron chi connectivity index (χ1n) is 14.0. The van der Waals surface area contributed by atoms with Gasteiger partial charge in [-0.2, -0.15) is 5.26 Å². The van der Waals surface area contributed by atoms with Gasteiger partial charge in [0.15, 0.2) is 0 Å². The summed E-state index contributed by atoms with van der Waals surface area (Å²) in [6.07, 6.45) is 0.591. The minimum absolute atomic E-state index is 0.158. The molecule has 0 radical (unpaired) electrons. The molecule has 1 N–H and O–H groups in total. The first-order valence-corrected chi connectivity index (χ1v) is 15.0. The monoisotopic (exact) mass is 583 g/mol. The van der Waals surface area contributed by atoms with Crippen LogP contribution < -0.4 is 10.2 Å². The maximum absolute atomic E-state index is 14.4. The molecule has 3 aromatic rings. The number of rotatable bonds is 7. The summed E-state index contributed by atoms with van der Waals surface area (Å²) in [6.45, 7) is 4.29. The van der Waals surface area contributed by atoms with Crippen LogP contribution in [0.4, 0.5) is 10.1 Å². The van der Waals surface area contributed by atoms with E-state index >= 15 is 0 Å². The average Bonchev–Trinajstić information content (AvgIpc) is 3.33. The summed E-state index contributed by atoms with van der Waals surface area (Å²) >= 11 is 1.68. The molecule has 2 saturated heterocycles. The van der Waals surface area contributed by atoms with Crippen molar-refractivity contribution in [2.75, 3.05) is 31.1 Å². The van der Waals surface area contributed by atoms with Gasteiger partial charge in [-0.25, -0.2) is 4.39 Å². The molecule has 3 heterocycles. The van der Waals surface area contributed by atoms with Crippen LogP contribution in [0.25, 0.3) is 0 Å². The van der Waals surface area contributed by atoms with Gasteiger partial charge in [-0.3, -0.25) is 24.6 Å². The smallest absolute Gasteiger partial charge is 0.255 e. The molecule has 0 spiro atoms. The number of carbonyl (C=O) groups is 3. The zero-order valence-electron chi connectivity index (χ0n) is 23.0. The maximum atomic E-state index is 14.4. The Morgan fingerprint density at radius 2 is 1.74 bits per heavy atom. The van der Waals surface area contributed by atoms with Gasteiger partial charge >= 0.3 is 0 Å². The Bertz CT molecular complexity index is 1580. The summed E-state index contributed by atoms with van der Waals surface area (Å²) in [7, 11) is 0. The number of hydrogen-bond donors (Lipinski definition) is 1. The highest BCUT2D eigenvalue weighted by Crippen LogP contribution is 2.35. The molecule has 6 rings (SSSR count). The number of anilines is 1. The Morgan fingerprint density at radius 1 is 0.976 bits per heavy atom. The number of hydrogen-bond acceptors (Lipinski definition) is 7. The third-order valence-corrected chi connectivity index (χ3v) is 9.32. The number of nitriles is 1. The van der Waals surface area contributed by atoms with Crippen LogP contribution in [0.15, 0.2) is 65.6 Å². The molecule has 1 atom stereocenters. The fourth-order valence-electron chi connectivity index (χ4n) is 5.83. The third kappa shape index (κ3) is 5.75. The van der Waals surface area contributed by atoms with Gasteiger partial charge in [-0.05, 0) is 53.4 Å². The lowest BCUT2D eigenvalue weighted by Gasteiger charge is -2.36. The topological polar surface area (TPSA) is 96.8 Å². The fraction of sp³-hybridized carbons (Fsp3) is 0.312. The first-order chi connectivity index (χ1) is 20.4. The Hall–Kier alpha value is -4.20. The largest absolute Gasteiger partial charge is 0.367 e.